The number of rotatable bonds is 6. The number of pyridine rings is 2. The lowest BCUT2D eigenvalue weighted by atomic mass is 10.1. The van der Waals surface area contributed by atoms with Gasteiger partial charge in [-0.15, -0.1) is 0 Å². The van der Waals surface area contributed by atoms with Crippen molar-refractivity contribution in [1.82, 2.24) is 19.7 Å². The van der Waals surface area contributed by atoms with Gasteiger partial charge >= 0.3 is 0 Å². The van der Waals surface area contributed by atoms with Crippen molar-refractivity contribution >= 4 is 0 Å². The third kappa shape index (κ3) is 4.17. The van der Waals surface area contributed by atoms with E-state index in [0.717, 1.165) is 40.2 Å². The Kier molecular flexibility index (Phi) is 5.35. The molecule has 3 heterocycles. The number of nitrogens with two attached hydrogens (primary N) is 1. The third-order valence-corrected chi connectivity index (χ3v) is 4.64. The number of nitrogens with zero attached hydrogens (tertiary/aromatic N) is 4. The van der Waals surface area contributed by atoms with Gasteiger partial charge in [0.2, 0.25) is 11.8 Å². The molecule has 6 heteroatoms. The second-order valence-electron chi connectivity index (χ2n) is 6.86. The Morgan fingerprint density at radius 2 is 1.83 bits per heavy atom. The Morgan fingerprint density at radius 3 is 2.55 bits per heavy atom. The van der Waals surface area contributed by atoms with Crippen molar-refractivity contribution in [1.29, 1.82) is 0 Å². The molecule has 0 unspecified atom stereocenters. The van der Waals surface area contributed by atoms with E-state index in [1.54, 1.807) is 4.68 Å². The van der Waals surface area contributed by atoms with Crippen molar-refractivity contribution in [3.05, 3.63) is 78.1 Å². The molecule has 0 amide bonds. The monoisotopic (exact) mass is 385 g/mol. The van der Waals surface area contributed by atoms with Gasteiger partial charge in [-0.3, -0.25) is 4.98 Å². The first kappa shape index (κ1) is 18.8. The molecule has 0 saturated carbocycles. The highest BCUT2D eigenvalue weighted by molar-refractivity contribution is 5.66. The summed E-state index contributed by atoms with van der Waals surface area (Å²) in [5, 5.41) is 4.57. The van der Waals surface area contributed by atoms with E-state index in [-0.39, 0.29) is 0 Å². The van der Waals surface area contributed by atoms with Crippen LogP contribution in [0.1, 0.15) is 11.3 Å². The maximum absolute atomic E-state index is 6.18. The zero-order valence-corrected chi connectivity index (χ0v) is 16.5. The van der Waals surface area contributed by atoms with Gasteiger partial charge in [0.05, 0.1) is 17.0 Å². The minimum absolute atomic E-state index is 0.506. The van der Waals surface area contributed by atoms with Crippen molar-refractivity contribution in [3.8, 4) is 34.3 Å². The van der Waals surface area contributed by atoms with Gasteiger partial charge in [-0.25, -0.2) is 9.67 Å². The van der Waals surface area contributed by atoms with Crippen LogP contribution in [0, 0.1) is 6.92 Å². The van der Waals surface area contributed by atoms with Crippen molar-refractivity contribution in [2.24, 2.45) is 12.8 Å². The highest BCUT2D eigenvalue weighted by atomic mass is 16.5. The predicted molar refractivity (Wildman–Crippen MR) is 114 cm³/mol. The molecule has 4 rings (SSSR count). The van der Waals surface area contributed by atoms with Crippen molar-refractivity contribution in [2.45, 2.75) is 13.3 Å². The minimum Gasteiger partial charge on any atom is -0.420 e. The Bertz CT molecular complexity index is 1100. The summed E-state index contributed by atoms with van der Waals surface area (Å²) in [5.74, 6) is 1.12. The molecule has 0 aliphatic carbocycles. The smallest absolute Gasteiger partial charge is 0.230 e. The molecule has 3 aromatic heterocycles. The van der Waals surface area contributed by atoms with Gasteiger partial charge in [0.1, 0.15) is 0 Å². The molecule has 0 bridgehead atoms. The first-order chi connectivity index (χ1) is 14.1. The van der Waals surface area contributed by atoms with E-state index < -0.39 is 0 Å². The van der Waals surface area contributed by atoms with Gasteiger partial charge in [0.25, 0.3) is 0 Å². The summed E-state index contributed by atoms with van der Waals surface area (Å²) < 4.78 is 7.90. The lowest BCUT2D eigenvalue weighted by Crippen LogP contribution is -2.03. The van der Waals surface area contributed by atoms with Gasteiger partial charge in [-0.1, -0.05) is 36.4 Å². The molecule has 4 aromatic rings. The molecule has 1 aromatic carbocycles. The summed E-state index contributed by atoms with van der Waals surface area (Å²) in [4.78, 5) is 9.18. The lowest BCUT2D eigenvalue weighted by molar-refractivity contribution is 0.416. The van der Waals surface area contributed by atoms with Gasteiger partial charge in [-0.2, -0.15) is 5.10 Å². The van der Waals surface area contributed by atoms with Crippen LogP contribution in [0.15, 0.2) is 66.9 Å². The maximum Gasteiger partial charge on any atom is 0.230 e. The van der Waals surface area contributed by atoms with E-state index in [1.165, 1.54) is 0 Å². The number of benzene rings is 1. The van der Waals surface area contributed by atoms with E-state index in [1.807, 2.05) is 80.8 Å². The Hall–Kier alpha value is -3.51. The van der Waals surface area contributed by atoms with E-state index >= 15 is 0 Å². The summed E-state index contributed by atoms with van der Waals surface area (Å²) in [7, 11) is 1.86. The van der Waals surface area contributed by atoms with Gasteiger partial charge < -0.3 is 10.5 Å². The van der Waals surface area contributed by atoms with Crippen molar-refractivity contribution < 1.29 is 4.74 Å². The normalized spacial score (nSPS) is 10.9. The maximum atomic E-state index is 6.18. The highest BCUT2D eigenvalue weighted by Crippen LogP contribution is 2.32. The fourth-order valence-corrected chi connectivity index (χ4v) is 3.10. The Morgan fingerprint density at radius 1 is 1.00 bits per heavy atom. The van der Waals surface area contributed by atoms with Crippen LogP contribution in [0.25, 0.3) is 22.5 Å². The second-order valence-corrected chi connectivity index (χ2v) is 6.86. The second kappa shape index (κ2) is 8.24. The number of ether oxygens (including phenoxy) is 1. The summed E-state index contributed by atoms with van der Waals surface area (Å²) in [6.07, 6.45) is 2.66. The standard InChI is InChI=1S/C23H23N5O/c1-16-8-10-19(20-11-9-17(12-13-24)15-25-20)23(26-16)29-22-14-21(27-28(22)2)18-6-4-3-5-7-18/h3-11,14-15H,12-13,24H2,1-2H3. The fraction of sp³-hybridized carbons (Fsp3) is 0.174. The highest BCUT2D eigenvalue weighted by Gasteiger charge is 2.15. The average molecular weight is 385 g/mol. The Labute approximate surface area is 170 Å². The number of aromatic nitrogens is 4. The molecule has 0 fully saturated rings. The third-order valence-electron chi connectivity index (χ3n) is 4.64. The zero-order chi connectivity index (χ0) is 20.2. The molecular formula is C23H23N5O. The number of aryl methyl sites for hydroxylation is 2. The van der Waals surface area contributed by atoms with Gasteiger partial charge in [0.15, 0.2) is 0 Å². The quantitative estimate of drug-likeness (QED) is 0.539. The summed E-state index contributed by atoms with van der Waals surface area (Å²) in [5.41, 5.74) is 11.1. The average Bonchev–Trinajstić information content (AvgIpc) is 3.10. The van der Waals surface area contributed by atoms with E-state index in [4.69, 9.17) is 10.5 Å². The van der Waals surface area contributed by atoms with Crippen LogP contribution in [-0.4, -0.2) is 26.3 Å². The van der Waals surface area contributed by atoms with Crippen LogP contribution in [-0.2, 0) is 13.5 Å². The van der Waals surface area contributed by atoms with Gasteiger partial charge in [-0.05, 0) is 43.7 Å². The molecule has 0 saturated heterocycles. The van der Waals surface area contributed by atoms with Crippen LogP contribution in [0.5, 0.6) is 11.8 Å². The SMILES string of the molecule is Cc1ccc(-c2ccc(CCN)cn2)c(Oc2cc(-c3ccccc3)nn2C)n1. The van der Waals surface area contributed by atoms with Crippen molar-refractivity contribution in [2.75, 3.05) is 6.54 Å². The molecular weight excluding hydrogens is 362 g/mol. The molecule has 0 radical (unpaired) electrons. The molecule has 0 spiro atoms. The molecule has 0 aliphatic rings. The van der Waals surface area contributed by atoms with E-state index in [0.29, 0.717) is 18.3 Å². The largest absolute Gasteiger partial charge is 0.420 e. The summed E-state index contributed by atoms with van der Waals surface area (Å²) in [6, 6.07) is 19.9. The number of hydrogen-bond acceptors (Lipinski definition) is 5. The molecule has 146 valence electrons. The topological polar surface area (TPSA) is 78.9 Å². The predicted octanol–water partition coefficient (Wildman–Crippen LogP) is 4.15. The first-order valence-corrected chi connectivity index (χ1v) is 9.54. The van der Waals surface area contributed by atoms with Crippen LogP contribution in [0.3, 0.4) is 0 Å². The van der Waals surface area contributed by atoms with Gasteiger partial charge in [0, 0.05) is 30.6 Å². The molecule has 29 heavy (non-hydrogen) atoms. The Balaban J connectivity index is 1.67. The van der Waals surface area contributed by atoms with Crippen LogP contribution >= 0.6 is 0 Å². The fourth-order valence-electron chi connectivity index (χ4n) is 3.10. The van der Waals surface area contributed by atoms with E-state index in [2.05, 4.69) is 15.1 Å². The zero-order valence-electron chi connectivity index (χ0n) is 16.5. The van der Waals surface area contributed by atoms with Crippen molar-refractivity contribution in [3.63, 3.8) is 0 Å². The first-order valence-electron chi connectivity index (χ1n) is 9.54. The number of hydrogen-bond donors (Lipinski definition) is 1. The summed E-state index contributed by atoms with van der Waals surface area (Å²) >= 11 is 0. The lowest BCUT2D eigenvalue weighted by Gasteiger charge is -2.11. The molecule has 0 aliphatic heterocycles. The molecule has 6 nitrogen and oxygen atoms in total. The molecule has 2 N–H and O–H groups in total. The van der Waals surface area contributed by atoms with Crippen LogP contribution in [0.4, 0.5) is 0 Å². The summed E-state index contributed by atoms with van der Waals surface area (Å²) in [6.45, 7) is 2.54. The minimum atomic E-state index is 0.506. The van der Waals surface area contributed by atoms with E-state index in [9.17, 15) is 0 Å². The molecule has 0 atom stereocenters. The van der Waals surface area contributed by atoms with Crippen LogP contribution in [0.2, 0.25) is 0 Å². The van der Waals surface area contributed by atoms with Crippen LogP contribution < -0.4 is 10.5 Å².